The number of hydrogen-bond acceptors (Lipinski definition) is 4. The molecule has 0 saturated carbocycles. The summed E-state index contributed by atoms with van der Waals surface area (Å²) < 4.78 is 5.01. The van der Waals surface area contributed by atoms with Gasteiger partial charge < -0.3 is 20.3 Å². The Labute approximate surface area is 145 Å². The lowest BCUT2D eigenvalue weighted by Gasteiger charge is -2.14. The van der Waals surface area contributed by atoms with Crippen molar-refractivity contribution in [2.45, 2.75) is 19.1 Å². The molecule has 0 spiro atoms. The maximum absolute atomic E-state index is 11.7. The number of carbonyl (C=O) groups is 2. The number of halogens is 1. The minimum Gasteiger partial charge on any atom is -0.508 e. The molecule has 24 heavy (non-hydrogen) atoms. The standard InChI is InChI=1S/C17H17NO5.ClH/c19-14-8-6-12(7-9-14)10-15(16(20)21)18-17(22)23-11-13-4-2-1-3-5-13;/h1-9,15,19H,10-11H2,(H,18,22)(H,20,21);1H/t15-;/m0./s1. The van der Waals surface area contributed by atoms with Crippen molar-refractivity contribution < 1.29 is 24.5 Å². The van der Waals surface area contributed by atoms with E-state index in [1.807, 2.05) is 18.2 Å². The number of phenols is 1. The lowest BCUT2D eigenvalue weighted by Crippen LogP contribution is -2.42. The molecule has 0 unspecified atom stereocenters. The third-order valence-electron chi connectivity index (χ3n) is 3.18. The van der Waals surface area contributed by atoms with Crippen LogP contribution in [0.2, 0.25) is 0 Å². The molecular weight excluding hydrogens is 334 g/mol. The van der Waals surface area contributed by atoms with Crippen LogP contribution in [0.3, 0.4) is 0 Å². The molecule has 0 aliphatic carbocycles. The van der Waals surface area contributed by atoms with E-state index in [1.54, 1.807) is 24.3 Å². The summed E-state index contributed by atoms with van der Waals surface area (Å²) in [6.45, 7) is 0.0677. The lowest BCUT2D eigenvalue weighted by atomic mass is 10.1. The Balaban J connectivity index is 0.00000288. The third-order valence-corrected chi connectivity index (χ3v) is 3.18. The fourth-order valence-corrected chi connectivity index (χ4v) is 1.97. The fourth-order valence-electron chi connectivity index (χ4n) is 1.97. The summed E-state index contributed by atoms with van der Waals surface area (Å²) in [7, 11) is 0. The van der Waals surface area contributed by atoms with Gasteiger partial charge in [0.25, 0.3) is 0 Å². The van der Waals surface area contributed by atoms with Crippen LogP contribution in [0.1, 0.15) is 11.1 Å². The number of alkyl carbamates (subject to hydrolysis) is 1. The second-order valence-corrected chi connectivity index (χ2v) is 4.97. The molecule has 0 saturated heterocycles. The van der Waals surface area contributed by atoms with E-state index in [0.29, 0.717) is 5.56 Å². The molecular formula is C17H18ClNO5. The van der Waals surface area contributed by atoms with Crippen molar-refractivity contribution in [2.75, 3.05) is 0 Å². The van der Waals surface area contributed by atoms with Crippen LogP contribution in [0.25, 0.3) is 0 Å². The van der Waals surface area contributed by atoms with Crippen molar-refractivity contribution in [3.05, 3.63) is 65.7 Å². The summed E-state index contributed by atoms with van der Waals surface area (Å²) in [5.41, 5.74) is 1.49. The number of ether oxygens (including phenoxy) is 1. The van der Waals surface area contributed by atoms with Crippen LogP contribution in [0.5, 0.6) is 5.75 Å². The van der Waals surface area contributed by atoms with Crippen molar-refractivity contribution in [3.63, 3.8) is 0 Å². The van der Waals surface area contributed by atoms with Gasteiger partial charge in [-0.05, 0) is 23.3 Å². The summed E-state index contributed by atoms with van der Waals surface area (Å²) in [6.07, 6.45) is -0.698. The second-order valence-electron chi connectivity index (χ2n) is 4.97. The Kier molecular flexibility index (Phi) is 7.58. The van der Waals surface area contributed by atoms with Gasteiger partial charge in [-0.1, -0.05) is 42.5 Å². The summed E-state index contributed by atoms with van der Waals surface area (Å²) in [5.74, 6) is -1.06. The predicted octanol–water partition coefficient (Wildman–Crippen LogP) is 2.74. The maximum Gasteiger partial charge on any atom is 0.408 e. The van der Waals surface area contributed by atoms with Crippen molar-refractivity contribution in [1.82, 2.24) is 5.32 Å². The van der Waals surface area contributed by atoms with Gasteiger partial charge >= 0.3 is 12.1 Å². The van der Waals surface area contributed by atoms with Gasteiger partial charge in [-0.2, -0.15) is 0 Å². The first-order valence-corrected chi connectivity index (χ1v) is 7.02. The highest BCUT2D eigenvalue weighted by Crippen LogP contribution is 2.11. The van der Waals surface area contributed by atoms with E-state index in [4.69, 9.17) is 4.74 Å². The van der Waals surface area contributed by atoms with Gasteiger partial charge in [0, 0.05) is 6.42 Å². The average Bonchev–Trinajstić information content (AvgIpc) is 2.55. The van der Waals surface area contributed by atoms with E-state index in [1.165, 1.54) is 12.1 Å². The second kappa shape index (κ2) is 9.42. The van der Waals surface area contributed by atoms with Crippen molar-refractivity contribution in [3.8, 4) is 5.75 Å². The molecule has 2 rings (SSSR count). The van der Waals surface area contributed by atoms with Gasteiger partial charge in [0.05, 0.1) is 0 Å². The van der Waals surface area contributed by atoms with Gasteiger partial charge in [-0.25, -0.2) is 9.59 Å². The van der Waals surface area contributed by atoms with E-state index >= 15 is 0 Å². The Morgan fingerprint density at radius 2 is 1.62 bits per heavy atom. The molecule has 0 aliphatic heterocycles. The highest BCUT2D eigenvalue weighted by Gasteiger charge is 2.21. The van der Waals surface area contributed by atoms with E-state index < -0.39 is 18.1 Å². The number of rotatable bonds is 6. The van der Waals surface area contributed by atoms with Gasteiger partial charge in [0.15, 0.2) is 0 Å². The topological polar surface area (TPSA) is 95.9 Å². The Bertz CT molecular complexity index is 660. The van der Waals surface area contributed by atoms with Crippen molar-refractivity contribution in [1.29, 1.82) is 0 Å². The highest BCUT2D eigenvalue weighted by atomic mass is 35.5. The minimum absolute atomic E-state index is 0. The van der Waals surface area contributed by atoms with E-state index in [2.05, 4.69) is 5.32 Å². The maximum atomic E-state index is 11.7. The number of carboxylic acid groups (broad SMARTS) is 1. The number of hydrogen-bond donors (Lipinski definition) is 3. The first-order chi connectivity index (χ1) is 11.0. The predicted molar refractivity (Wildman–Crippen MR) is 90.2 cm³/mol. The van der Waals surface area contributed by atoms with Gasteiger partial charge in [0.2, 0.25) is 0 Å². The molecule has 1 amide bonds. The Hall–Kier alpha value is -2.73. The Morgan fingerprint density at radius 1 is 1.00 bits per heavy atom. The molecule has 7 heteroatoms. The van der Waals surface area contributed by atoms with Crippen LogP contribution in [0, 0.1) is 0 Å². The number of benzene rings is 2. The zero-order valence-corrected chi connectivity index (χ0v) is 13.5. The molecule has 6 nitrogen and oxygen atoms in total. The minimum atomic E-state index is -1.16. The smallest absolute Gasteiger partial charge is 0.408 e. The first-order valence-electron chi connectivity index (χ1n) is 7.02. The summed E-state index contributed by atoms with van der Waals surface area (Å²) >= 11 is 0. The molecule has 2 aromatic rings. The van der Waals surface area contributed by atoms with Crippen LogP contribution in [-0.4, -0.2) is 28.3 Å². The van der Waals surface area contributed by atoms with Crippen molar-refractivity contribution >= 4 is 24.5 Å². The number of carbonyl (C=O) groups excluding carboxylic acids is 1. The average molecular weight is 352 g/mol. The molecule has 0 heterocycles. The molecule has 2 aromatic carbocycles. The lowest BCUT2D eigenvalue weighted by molar-refractivity contribution is -0.139. The number of phenolic OH excluding ortho intramolecular Hbond substituents is 1. The van der Waals surface area contributed by atoms with Gasteiger partial charge in [-0.15, -0.1) is 12.4 Å². The van der Waals surface area contributed by atoms with E-state index in [-0.39, 0.29) is 31.2 Å². The molecule has 3 N–H and O–H groups in total. The normalized spacial score (nSPS) is 11.0. The van der Waals surface area contributed by atoms with Gasteiger partial charge in [0.1, 0.15) is 18.4 Å². The molecule has 1 atom stereocenters. The van der Waals surface area contributed by atoms with Crippen LogP contribution >= 0.6 is 12.4 Å². The molecule has 0 bridgehead atoms. The number of nitrogens with one attached hydrogen (secondary N) is 1. The van der Waals surface area contributed by atoms with Crippen LogP contribution in [0.15, 0.2) is 54.6 Å². The quantitative estimate of drug-likeness (QED) is 0.743. The SMILES string of the molecule is Cl.O=C(N[C@@H](Cc1ccc(O)cc1)C(=O)O)OCc1ccccc1. The first kappa shape index (κ1) is 19.3. The van der Waals surface area contributed by atoms with Crippen molar-refractivity contribution in [2.24, 2.45) is 0 Å². The monoisotopic (exact) mass is 351 g/mol. The molecule has 0 aliphatic rings. The zero-order chi connectivity index (χ0) is 16.7. The molecule has 128 valence electrons. The summed E-state index contributed by atoms with van der Waals surface area (Å²) in [5, 5.41) is 20.7. The fraction of sp³-hybridized carbons (Fsp3) is 0.176. The molecule has 0 fully saturated rings. The number of amides is 1. The molecule has 0 aromatic heterocycles. The summed E-state index contributed by atoms with van der Waals surface area (Å²) in [6, 6.07) is 14.1. The zero-order valence-electron chi connectivity index (χ0n) is 12.7. The number of carboxylic acids is 1. The van der Waals surface area contributed by atoms with Gasteiger partial charge in [-0.3, -0.25) is 0 Å². The highest BCUT2D eigenvalue weighted by molar-refractivity contribution is 5.85. The largest absolute Gasteiger partial charge is 0.508 e. The number of aromatic hydroxyl groups is 1. The summed E-state index contributed by atoms with van der Waals surface area (Å²) in [4.78, 5) is 23.0. The number of aliphatic carboxylic acids is 1. The Morgan fingerprint density at radius 3 is 2.21 bits per heavy atom. The van der Waals surface area contributed by atoms with Crippen LogP contribution in [0.4, 0.5) is 4.79 Å². The third kappa shape index (κ3) is 6.18. The van der Waals surface area contributed by atoms with E-state index in [0.717, 1.165) is 5.56 Å². The molecule has 0 radical (unpaired) electrons. The van der Waals surface area contributed by atoms with Crippen LogP contribution < -0.4 is 5.32 Å². The van der Waals surface area contributed by atoms with Crippen LogP contribution in [-0.2, 0) is 22.6 Å². The van der Waals surface area contributed by atoms with E-state index in [9.17, 15) is 19.8 Å².